The van der Waals surface area contributed by atoms with E-state index in [9.17, 15) is 4.79 Å². The highest BCUT2D eigenvalue weighted by Gasteiger charge is 2.44. The van der Waals surface area contributed by atoms with Crippen LogP contribution in [0.5, 0.6) is 5.75 Å². The van der Waals surface area contributed by atoms with Crippen molar-refractivity contribution in [3.63, 3.8) is 0 Å². The average molecular weight is 351 g/mol. The van der Waals surface area contributed by atoms with Crippen molar-refractivity contribution in [2.24, 2.45) is 5.16 Å². The summed E-state index contributed by atoms with van der Waals surface area (Å²) in [7, 11) is 1.61. The van der Waals surface area contributed by atoms with Crippen molar-refractivity contribution in [1.82, 2.24) is 9.88 Å². The SMILES string of the molecule is COc1ccc(C(=O)N2CCCC3(CC(c4ccccn4)=NO3)C2)cc1. The van der Waals surface area contributed by atoms with Gasteiger partial charge in [0.25, 0.3) is 5.91 Å². The fraction of sp³-hybridized carbons (Fsp3) is 0.350. The van der Waals surface area contributed by atoms with E-state index in [0.717, 1.165) is 36.5 Å². The third-order valence-electron chi connectivity index (χ3n) is 4.96. The number of methoxy groups -OCH3 is 1. The number of aromatic nitrogens is 1. The summed E-state index contributed by atoms with van der Waals surface area (Å²) in [6.45, 7) is 1.27. The van der Waals surface area contributed by atoms with Gasteiger partial charge < -0.3 is 14.5 Å². The third kappa shape index (κ3) is 3.14. The van der Waals surface area contributed by atoms with Crippen LogP contribution in [0.1, 0.15) is 35.3 Å². The molecule has 1 amide bonds. The molecule has 1 fully saturated rings. The standard InChI is InChI=1S/C20H21N3O3/c1-25-16-8-6-15(7-9-16)19(24)23-12-4-10-20(14-23)13-18(22-26-20)17-5-2-3-11-21-17/h2-3,5-9,11H,4,10,12-14H2,1H3. The monoisotopic (exact) mass is 351 g/mol. The second kappa shape index (κ2) is 6.78. The van der Waals surface area contributed by atoms with E-state index in [2.05, 4.69) is 10.1 Å². The van der Waals surface area contributed by atoms with E-state index in [4.69, 9.17) is 9.57 Å². The van der Waals surface area contributed by atoms with Gasteiger partial charge in [-0.2, -0.15) is 0 Å². The fourth-order valence-electron chi connectivity index (χ4n) is 3.60. The Hall–Kier alpha value is -2.89. The molecule has 0 aliphatic carbocycles. The van der Waals surface area contributed by atoms with Crippen LogP contribution in [0.4, 0.5) is 0 Å². The summed E-state index contributed by atoms with van der Waals surface area (Å²) in [6, 6.07) is 13.0. The summed E-state index contributed by atoms with van der Waals surface area (Å²) in [6.07, 6.45) is 4.21. The predicted molar refractivity (Wildman–Crippen MR) is 97.3 cm³/mol. The lowest BCUT2D eigenvalue weighted by molar-refractivity contribution is -0.0618. The molecule has 0 saturated carbocycles. The maximum Gasteiger partial charge on any atom is 0.253 e. The second-order valence-electron chi connectivity index (χ2n) is 6.76. The molecule has 1 spiro atoms. The van der Waals surface area contributed by atoms with Gasteiger partial charge in [-0.3, -0.25) is 9.78 Å². The number of pyridine rings is 1. The lowest BCUT2D eigenvalue weighted by atomic mass is 9.87. The Bertz CT molecular complexity index is 820. The highest BCUT2D eigenvalue weighted by atomic mass is 16.7. The molecule has 6 nitrogen and oxygen atoms in total. The van der Waals surface area contributed by atoms with Crippen LogP contribution >= 0.6 is 0 Å². The molecule has 1 aromatic carbocycles. The molecular formula is C20H21N3O3. The quantitative estimate of drug-likeness (QED) is 0.853. The van der Waals surface area contributed by atoms with Crippen LogP contribution in [0.2, 0.25) is 0 Å². The molecule has 1 aromatic heterocycles. The molecule has 2 aliphatic heterocycles. The topological polar surface area (TPSA) is 64.0 Å². The molecular weight excluding hydrogens is 330 g/mol. The van der Waals surface area contributed by atoms with Gasteiger partial charge in [-0.15, -0.1) is 0 Å². The first-order chi connectivity index (χ1) is 12.7. The molecule has 4 rings (SSSR count). The number of likely N-dealkylation sites (tertiary alicyclic amines) is 1. The molecule has 134 valence electrons. The first-order valence-electron chi connectivity index (χ1n) is 8.79. The van der Waals surface area contributed by atoms with Crippen LogP contribution in [-0.4, -0.2) is 47.3 Å². The van der Waals surface area contributed by atoms with E-state index in [1.165, 1.54) is 0 Å². The van der Waals surface area contributed by atoms with Crippen LogP contribution < -0.4 is 4.74 Å². The molecule has 2 aromatic rings. The fourth-order valence-corrected chi connectivity index (χ4v) is 3.60. The predicted octanol–water partition coefficient (Wildman–Crippen LogP) is 2.89. The zero-order chi connectivity index (χ0) is 18.0. The van der Waals surface area contributed by atoms with Gasteiger partial charge in [-0.05, 0) is 49.2 Å². The summed E-state index contributed by atoms with van der Waals surface area (Å²) >= 11 is 0. The van der Waals surface area contributed by atoms with Crippen LogP contribution in [0.25, 0.3) is 0 Å². The van der Waals surface area contributed by atoms with Crippen molar-refractivity contribution < 1.29 is 14.4 Å². The minimum atomic E-state index is -0.437. The van der Waals surface area contributed by atoms with Gasteiger partial charge in [0.05, 0.1) is 19.3 Å². The first kappa shape index (κ1) is 16.6. The summed E-state index contributed by atoms with van der Waals surface area (Å²) in [5, 5.41) is 4.27. The molecule has 1 saturated heterocycles. The number of hydrogen-bond acceptors (Lipinski definition) is 5. The maximum absolute atomic E-state index is 12.9. The van der Waals surface area contributed by atoms with Gasteiger partial charge in [-0.1, -0.05) is 11.2 Å². The number of hydrogen-bond donors (Lipinski definition) is 0. The Kier molecular flexibility index (Phi) is 4.32. The molecule has 2 aliphatic rings. The zero-order valence-corrected chi connectivity index (χ0v) is 14.7. The Morgan fingerprint density at radius 1 is 1.23 bits per heavy atom. The number of oxime groups is 1. The smallest absolute Gasteiger partial charge is 0.253 e. The second-order valence-corrected chi connectivity index (χ2v) is 6.76. The van der Waals surface area contributed by atoms with E-state index >= 15 is 0 Å². The molecule has 3 heterocycles. The Labute approximate surface area is 152 Å². The van der Waals surface area contributed by atoms with Crippen molar-refractivity contribution in [2.45, 2.75) is 24.9 Å². The van der Waals surface area contributed by atoms with E-state index in [0.29, 0.717) is 18.5 Å². The Balaban J connectivity index is 1.47. The van der Waals surface area contributed by atoms with Crippen molar-refractivity contribution in [1.29, 1.82) is 0 Å². The van der Waals surface area contributed by atoms with E-state index in [1.54, 1.807) is 37.6 Å². The summed E-state index contributed by atoms with van der Waals surface area (Å²) in [5.41, 5.74) is 1.91. The molecule has 0 radical (unpaired) electrons. The van der Waals surface area contributed by atoms with Crippen molar-refractivity contribution in [3.8, 4) is 5.75 Å². The Morgan fingerprint density at radius 3 is 2.81 bits per heavy atom. The van der Waals surface area contributed by atoms with Gasteiger partial charge >= 0.3 is 0 Å². The maximum atomic E-state index is 12.9. The van der Waals surface area contributed by atoms with Gasteiger partial charge in [0.15, 0.2) is 5.60 Å². The van der Waals surface area contributed by atoms with Crippen LogP contribution in [0.15, 0.2) is 53.8 Å². The molecule has 26 heavy (non-hydrogen) atoms. The number of carbonyl (C=O) groups excluding carboxylic acids is 1. The lowest BCUT2D eigenvalue weighted by Crippen LogP contribution is -2.50. The lowest BCUT2D eigenvalue weighted by Gasteiger charge is -2.38. The van der Waals surface area contributed by atoms with Crippen molar-refractivity contribution >= 4 is 11.6 Å². The van der Waals surface area contributed by atoms with Crippen LogP contribution in [-0.2, 0) is 4.84 Å². The normalized spacial score (nSPS) is 22.0. The molecule has 1 unspecified atom stereocenters. The zero-order valence-electron chi connectivity index (χ0n) is 14.7. The van der Waals surface area contributed by atoms with Crippen molar-refractivity contribution in [3.05, 3.63) is 59.9 Å². The molecule has 0 N–H and O–H groups in total. The minimum absolute atomic E-state index is 0.0154. The van der Waals surface area contributed by atoms with Crippen LogP contribution in [0, 0.1) is 0 Å². The summed E-state index contributed by atoms with van der Waals surface area (Å²) in [4.78, 5) is 24.9. The molecule has 1 atom stereocenters. The van der Waals surface area contributed by atoms with Gasteiger partial charge in [0.2, 0.25) is 0 Å². The molecule has 0 bridgehead atoms. The highest BCUT2D eigenvalue weighted by molar-refractivity contribution is 6.00. The number of ether oxygens (including phenoxy) is 1. The Morgan fingerprint density at radius 2 is 2.08 bits per heavy atom. The van der Waals surface area contributed by atoms with Crippen molar-refractivity contribution in [2.75, 3.05) is 20.2 Å². The summed E-state index contributed by atoms with van der Waals surface area (Å²) < 4.78 is 5.16. The van der Waals surface area contributed by atoms with Gasteiger partial charge in [0.1, 0.15) is 11.5 Å². The van der Waals surface area contributed by atoms with E-state index in [1.807, 2.05) is 23.1 Å². The minimum Gasteiger partial charge on any atom is -0.497 e. The number of rotatable bonds is 3. The number of piperidine rings is 1. The number of benzene rings is 1. The number of amides is 1. The van der Waals surface area contributed by atoms with Gasteiger partial charge in [0, 0.05) is 24.7 Å². The highest BCUT2D eigenvalue weighted by Crippen LogP contribution is 2.35. The largest absolute Gasteiger partial charge is 0.497 e. The first-order valence-corrected chi connectivity index (χ1v) is 8.79. The van der Waals surface area contributed by atoms with Crippen LogP contribution in [0.3, 0.4) is 0 Å². The third-order valence-corrected chi connectivity index (χ3v) is 4.96. The van der Waals surface area contributed by atoms with E-state index < -0.39 is 5.60 Å². The molecule has 6 heteroatoms. The van der Waals surface area contributed by atoms with Gasteiger partial charge in [-0.25, -0.2) is 0 Å². The summed E-state index contributed by atoms with van der Waals surface area (Å²) in [5.74, 6) is 0.755. The number of carbonyl (C=O) groups is 1. The number of nitrogens with zero attached hydrogens (tertiary/aromatic N) is 3. The van der Waals surface area contributed by atoms with E-state index in [-0.39, 0.29) is 5.91 Å². The average Bonchev–Trinajstić information content (AvgIpc) is 3.11.